The number of nitrogens with one attached hydrogen (secondary N) is 1. The Morgan fingerprint density at radius 1 is 1.31 bits per heavy atom. The lowest BCUT2D eigenvalue weighted by Gasteiger charge is -2.04. The van der Waals surface area contributed by atoms with Gasteiger partial charge in [-0.15, -0.1) is 0 Å². The Labute approximate surface area is 106 Å². The van der Waals surface area contributed by atoms with Crippen LogP contribution in [0.2, 0.25) is 0 Å². The topological polar surface area (TPSA) is 42.7 Å². The van der Waals surface area contributed by atoms with Crippen LogP contribution in [-0.4, -0.2) is 19.8 Å². The molecule has 0 amide bonds. The summed E-state index contributed by atoms with van der Waals surface area (Å²) in [5, 5.41) is 4.21. The van der Waals surface area contributed by atoms with Crippen molar-refractivity contribution in [3.05, 3.63) is 30.6 Å². The van der Waals surface area contributed by atoms with Crippen molar-refractivity contribution >= 4 is 50.6 Å². The van der Waals surface area contributed by atoms with Gasteiger partial charge in [-0.1, -0.05) is 18.2 Å². The fourth-order valence-corrected chi connectivity index (χ4v) is 2.48. The van der Waals surface area contributed by atoms with Gasteiger partial charge in [0, 0.05) is 12.4 Å². The number of anilines is 1. The molecule has 0 saturated heterocycles. The summed E-state index contributed by atoms with van der Waals surface area (Å²) in [6.07, 6.45) is 1.81. The van der Waals surface area contributed by atoms with Crippen LogP contribution in [0.3, 0.4) is 0 Å². The third-order valence-electron chi connectivity index (χ3n) is 2.58. The zero-order valence-corrected chi connectivity index (χ0v) is 10.8. The van der Waals surface area contributed by atoms with Crippen molar-refractivity contribution in [3.8, 4) is 0 Å². The zero-order chi connectivity index (χ0) is 11.1. The number of benzene rings is 1. The summed E-state index contributed by atoms with van der Waals surface area (Å²) in [6, 6.07) is 8.10. The SMILES string of the molecule is CNc1nc2ccccc2c2c1ncn2I. The second-order valence-corrected chi connectivity index (χ2v) is 4.52. The minimum absolute atomic E-state index is 0.823. The molecule has 1 aromatic carbocycles. The summed E-state index contributed by atoms with van der Waals surface area (Å²) in [6.45, 7) is 0. The van der Waals surface area contributed by atoms with Crippen LogP contribution >= 0.6 is 22.9 Å². The Bertz CT molecular complexity index is 674. The van der Waals surface area contributed by atoms with Gasteiger partial charge in [0.1, 0.15) is 11.8 Å². The molecule has 0 bridgehead atoms. The maximum absolute atomic E-state index is 4.54. The molecule has 4 nitrogen and oxygen atoms in total. The van der Waals surface area contributed by atoms with E-state index in [0.717, 1.165) is 27.8 Å². The van der Waals surface area contributed by atoms with Gasteiger partial charge in [0.05, 0.1) is 33.9 Å². The highest BCUT2D eigenvalue weighted by molar-refractivity contribution is 14.1. The van der Waals surface area contributed by atoms with Crippen molar-refractivity contribution in [2.24, 2.45) is 0 Å². The van der Waals surface area contributed by atoms with E-state index in [1.54, 1.807) is 6.33 Å². The Morgan fingerprint density at radius 3 is 2.94 bits per heavy atom. The number of pyridine rings is 1. The third kappa shape index (κ3) is 1.27. The summed E-state index contributed by atoms with van der Waals surface area (Å²) >= 11 is 2.23. The first-order valence-electron chi connectivity index (χ1n) is 4.91. The molecule has 3 rings (SSSR count). The van der Waals surface area contributed by atoms with Crippen LogP contribution in [0, 0.1) is 0 Å². The lowest BCUT2D eigenvalue weighted by molar-refractivity contribution is 1.31. The van der Waals surface area contributed by atoms with E-state index < -0.39 is 0 Å². The minimum Gasteiger partial charge on any atom is -0.371 e. The van der Waals surface area contributed by atoms with Crippen LogP contribution in [0.4, 0.5) is 5.82 Å². The molecule has 0 radical (unpaired) electrons. The standard InChI is InChI=1S/C11H9IN4/c1-13-11-9-10(16(12)6-14-9)7-4-2-3-5-8(7)15-11/h2-6H,1H3,(H,13,15). The van der Waals surface area contributed by atoms with Gasteiger partial charge in [0.25, 0.3) is 0 Å². The van der Waals surface area contributed by atoms with E-state index in [0.29, 0.717) is 0 Å². The molecule has 0 atom stereocenters. The van der Waals surface area contributed by atoms with E-state index in [2.05, 4.69) is 44.2 Å². The predicted molar refractivity (Wildman–Crippen MR) is 74.0 cm³/mol. The second kappa shape index (κ2) is 3.58. The first kappa shape index (κ1) is 9.83. The van der Waals surface area contributed by atoms with Gasteiger partial charge >= 0.3 is 0 Å². The van der Waals surface area contributed by atoms with Gasteiger partial charge < -0.3 is 5.32 Å². The molecule has 2 aromatic heterocycles. The second-order valence-electron chi connectivity index (χ2n) is 3.48. The van der Waals surface area contributed by atoms with Crippen LogP contribution in [0.1, 0.15) is 0 Å². The molecule has 0 spiro atoms. The number of imidazole rings is 1. The molecule has 80 valence electrons. The zero-order valence-electron chi connectivity index (χ0n) is 8.61. The Kier molecular flexibility index (Phi) is 2.20. The maximum Gasteiger partial charge on any atom is 0.154 e. The van der Waals surface area contributed by atoms with Gasteiger partial charge in [-0.3, -0.25) is 2.78 Å². The number of rotatable bonds is 1. The fraction of sp³-hybridized carbons (Fsp3) is 0.0909. The molecule has 5 heteroatoms. The average Bonchev–Trinajstić information content (AvgIpc) is 2.71. The van der Waals surface area contributed by atoms with Crippen LogP contribution in [-0.2, 0) is 0 Å². The van der Waals surface area contributed by atoms with Crippen LogP contribution < -0.4 is 5.32 Å². The maximum atomic E-state index is 4.54. The highest BCUT2D eigenvalue weighted by atomic mass is 127. The smallest absolute Gasteiger partial charge is 0.154 e. The minimum atomic E-state index is 0.823. The Morgan fingerprint density at radius 2 is 2.12 bits per heavy atom. The monoisotopic (exact) mass is 324 g/mol. The molecular weight excluding hydrogens is 315 g/mol. The largest absolute Gasteiger partial charge is 0.371 e. The Balaban J connectivity index is 2.60. The quantitative estimate of drug-likeness (QED) is 0.700. The van der Waals surface area contributed by atoms with Gasteiger partial charge in [0.15, 0.2) is 5.82 Å². The molecule has 3 aromatic rings. The Hall–Kier alpha value is -1.37. The number of fused-ring (bicyclic) bond motifs is 3. The lowest BCUT2D eigenvalue weighted by atomic mass is 10.2. The van der Waals surface area contributed by atoms with Gasteiger partial charge in [-0.25, -0.2) is 9.97 Å². The number of nitrogens with zero attached hydrogens (tertiary/aromatic N) is 3. The number of para-hydroxylation sites is 1. The molecule has 0 saturated carbocycles. The van der Waals surface area contributed by atoms with E-state index in [9.17, 15) is 0 Å². The van der Waals surface area contributed by atoms with E-state index in [4.69, 9.17) is 0 Å². The first-order valence-corrected chi connectivity index (χ1v) is 5.87. The highest BCUT2D eigenvalue weighted by Crippen LogP contribution is 2.29. The van der Waals surface area contributed by atoms with E-state index in [1.807, 2.05) is 28.0 Å². The molecule has 0 aliphatic heterocycles. The normalized spacial score (nSPS) is 11.1. The molecule has 2 heterocycles. The van der Waals surface area contributed by atoms with Crippen LogP contribution in [0.25, 0.3) is 21.9 Å². The van der Waals surface area contributed by atoms with E-state index in [-0.39, 0.29) is 0 Å². The number of hydrogen-bond acceptors (Lipinski definition) is 3. The molecule has 0 aliphatic carbocycles. The molecular formula is C11H9IN4. The summed E-state index contributed by atoms with van der Waals surface area (Å²) in [5.74, 6) is 0.823. The summed E-state index contributed by atoms with van der Waals surface area (Å²) in [5.41, 5.74) is 3.00. The predicted octanol–water partition coefficient (Wildman–Crippen LogP) is 2.82. The number of hydrogen-bond donors (Lipinski definition) is 1. The van der Waals surface area contributed by atoms with Crippen molar-refractivity contribution in [1.29, 1.82) is 0 Å². The molecule has 0 unspecified atom stereocenters. The van der Waals surface area contributed by atoms with Crippen molar-refractivity contribution in [3.63, 3.8) is 0 Å². The molecule has 16 heavy (non-hydrogen) atoms. The van der Waals surface area contributed by atoms with Gasteiger partial charge in [-0.05, 0) is 6.07 Å². The molecule has 0 fully saturated rings. The first-order chi connectivity index (χ1) is 7.81. The van der Waals surface area contributed by atoms with E-state index in [1.165, 1.54) is 0 Å². The lowest BCUT2D eigenvalue weighted by Crippen LogP contribution is -1.95. The average molecular weight is 324 g/mol. The highest BCUT2D eigenvalue weighted by Gasteiger charge is 2.11. The molecule has 0 aliphatic rings. The molecule has 1 N–H and O–H groups in total. The van der Waals surface area contributed by atoms with Crippen LogP contribution in [0.15, 0.2) is 30.6 Å². The number of halogens is 1. The summed E-state index contributed by atoms with van der Waals surface area (Å²) in [4.78, 5) is 8.91. The van der Waals surface area contributed by atoms with Crippen molar-refractivity contribution in [2.75, 3.05) is 12.4 Å². The summed E-state index contributed by atoms with van der Waals surface area (Å²) < 4.78 is 2.00. The van der Waals surface area contributed by atoms with E-state index >= 15 is 0 Å². The van der Waals surface area contributed by atoms with Crippen molar-refractivity contribution in [1.82, 2.24) is 12.7 Å². The summed E-state index contributed by atoms with van der Waals surface area (Å²) in [7, 11) is 1.86. The third-order valence-corrected chi connectivity index (χ3v) is 3.31. The van der Waals surface area contributed by atoms with Crippen molar-refractivity contribution in [2.45, 2.75) is 0 Å². The van der Waals surface area contributed by atoms with Crippen LogP contribution in [0.5, 0.6) is 0 Å². The fourth-order valence-electron chi connectivity index (χ4n) is 1.86. The van der Waals surface area contributed by atoms with Gasteiger partial charge in [-0.2, -0.15) is 0 Å². The van der Waals surface area contributed by atoms with Gasteiger partial charge in [0.2, 0.25) is 0 Å². The number of aromatic nitrogens is 3. The van der Waals surface area contributed by atoms with Crippen molar-refractivity contribution < 1.29 is 0 Å².